The molecule has 1 aromatic carbocycles. The number of carboxylic acid groups (broad SMARTS) is 1. The number of nitrogens with one attached hydrogen (secondary N) is 1. The first-order valence-electron chi connectivity index (χ1n) is 8.26. The molecule has 4 heteroatoms. The molecule has 4 nitrogen and oxygen atoms in total. The Morgan fingerprint density at radius 1 is 1.26 bits per heavy atom. The average molecular weight is 317 g/mol. The van der Waals surface area contributed by atoms with Crippen molar-refractivity contribution in [1.29, 1.82) is 0 Å². The summed E-state index contributed by atoms with van der Waals surface area (Å²) < 4.78 is 0. The number of amides is 1. The third-order valence-electron chi connectivity index (χ3n) is 5.79. The van der Waals surface area contributed by atoms with Gasteiger partial charge in [-0.05, 0) is 44.1 Å². The van der Waals surface area contributed by atoms with Crippen LogP contribution in [0.1, 0.15) is 46.1 Å². The maximum Gasteiger partial charge on any atom is 0.309 e. The summed E-state index contributed by atoms with van der Waals surface area (Å²) in [6.07, 6.45) is 1.94. The van der Waals surface area contributed by atoms with Gasteiger partial charge in [-0.15, -0.1) is 0 Å². The number of hydrogen-bond acceptors (Lipinski definition) is 2. The van der Waals surface area contributed by atoms with Crippen molar-refractivity contribution >= 4 is 11.9 Å². The predicted molar refractivity (Wildman–Crippen MR) is 90.0 cm³/mol. The lowest BCUT2D eigenvalue weighted by molar-refractivity contribution is -0.155. The Hall–Kier alpha value is -1.84. The fraction of sp³-hybridized carbons (Fsp3) is 0.579. The van der Waals surface area contributed by atoms with Crippen molar-refractivity contribution in [2.24, 2.45) is 16.7 Å². The van der Waals surface area contributed by atoms with Crippen LogP contribution in [-0.2, 0) is 16.0 Å². The van der Waals surface area contributed by atoms with E-state index in [2.05, 4.69) is 5.32 Å². The maximum absolute atomic E-state index is 12.7. The van der Waals surface area contributed by atoms with E-state index in [0.29, 0.717) is 12.8 Å². The Labute approximate surface area is 138 Å². The molecule has 0 aliphatic heterocycles. The third-order valence-corrected chi connectivity index (χ3v) is 5.79. The number of rotatable bonds is 5. The first kappa shape index (κ1) is 17.5. The molecule has 0 heterocycles. The molecule has 0 aromatic heterocycles. The molecule has 0 bridgehead atoms. The minimum absolute atomic E-state index is 0.0246. The molecule has 1 fully saturated rings. The van der Waals surface area contributed by atoms with Gasteiger partial charge in [0.05, 0.1) is 5.41 Å². The van der Waals surface area contributed by atoms with Gasteiger partial charge in [-0.1, -0.05) is 44.2 Å². The van der Waals surface area contributed by atoms with E-state index < -0.39 is 16.8 Å². The van der Waals surface area contributed by atoms with Crippen molar-refractivity contribution < 1.29 is 14.7 Å². The van der Waals surface area contributed by atoms with Gasteiger partial charge in [0.25, 0.3) is 0 Å². The van der Waals surface area contributed by atoms with E-state index in [9.17, 15) is 14.7 Å². The van der Waals surface area contributed by atoms with E-state index in [-0.39, 0.29) is 17.9 Å². The number of hydrogen-bond donors (Lipinski definition) is 2. The molecule has 0 unspecified atom stereocenters. The van der Waals surface area contributed by atoms with E-state index in [4.69, 9.17) is 0 Å². The number of aliphatic carboxylic acids is 1. The van der Waals surface area contributed by atoms with Crippen LogP contribution >= 0.6 is 0 Å². The van der Waals surface area contributed by atoms with Crippen molar-refractivity contribution in [3.8, 4) is 0 Å². The van der Waals surface area contributed by atoms with Gasteiger partial charge in [0.15, 0.2) is 0 Å². The Morgan fingerprint density at radius 2 is 1.87 bits per heavy atom. The highest BCUT2D eigenvalue weighted by Crippen LogP contribution is 2.56. The first-order valence-corrected chi connectivity index (χ1v) is 8.26. The van der Waals surface area contributed by atoms with Crippen molar-refractivity contribution in [2.45, 2.75) is 53.0 Å². The molecular weight excluding hydrogens is 290 g/mol. The van der Waals surface area contributed by atoms with E-state index in [1.807, 2.05) is 51.1 Å². The zero-order chi connectivity index (χ0) is 17.3. The van der Waals surface area contributed by atoms with Gasteiger partial charge in [-0.25, -0.2) is 0 Å². The van der Waals surface area contributed by atoms with Gasteiger partial charge in [0.1, 0.15) is 0 Å². The Bertz CT molecular complexity index is 582. The monoisotopic (exact) mass is 317 g/mol. The van der Waals surface area contributed by atoms with Crippen LogP contribution in [0.5, 0.6) is 0 Å². The quantitative estimate of drug-likeness (QED) is 0.876. The van der Waals surface area contributed by atoms with Crippen LogP contribution in [0.25, 0.3) is 0 Å². The molecule has 126 valence electrons. The molecule has 1 aliphatic rings. The number of benzene rings is 1. The van der Waals surface area contributed by atoms with Crippen LogP contribution < -0.4 is 5.32 Å². The van der Waals surface area contributed by atoms with Crippen LogP contribution in [0.15, 0.2) is 30.3 Å². The van der Waals surface area contributed by atoms with Gasteiger partial charge in [0, 0.05) is 12.0 Å². The predicted octanol–water partition coefficient (Wildman–Crippen LogP) is 3.26. The van der Waals surface area contributed by atoms with Crippen LogP contribution in [0.3, 0.4) is 0 Å². The number of carbonyl (C=O) groups is 2. The summed E-state index contributed by atoms with van der Waals surface area (Å²) in [5.41, 5.74) is -0.228. The average Bonchev–Trinajstić information content (AvgIpc) is 2.71. The lowest BCUT2D eigenvalue weighted by Crippen LogP contribution is -2.47. The third kappa shape index (κ3) is 3.26. The Balaban J connectivity index is 2.02. The molecule has 1 amide bonds. The van der Waals surface area contributed by atoms with Crippen molar-refractivity contribution in [1.82, 2.24) is 5.32 Å². The molecule has 2 rings (SSSR count). The fourth-order valence-corrected chi connectivity index (χ4v) is 3.70. The number of carboxylic acids is 1. The Morgan fingerprint density at radius 3 is 2.39 bits per heavy atom. The molecule has 3 atom stereocenters. The van der Waals surface area contributed by atoms with E-state index in [0.717, 1.165) is 6.42 Å². The molecule has 1 aliphatic carbocycles. The van der Waals surface area contributed by atoms with Gasteiger partial charge in [0.2, 0.25) is 5.91 Å². The summed E-state index contributed by atoms with van der Waals surface area (Å²) in [4.78, 5) is 24.3. The van der Waals surface area contributed by atoms with E-state index >= 15 is 0 Å². The first-order chi connectivity index (χ1) is 10.7. The molecule has 2 N–H and O–H groups in total. The van der Waals surface area contributed by atoms with Crippen LogP contribution in [0, 0.1) is 16.7 Å². The molecule has 0 saturated heterocycles. The second-order valence-electron chi connectivity index (χ2n) is 7.55. The molecular formula is C19H27NO3. The maximum atomic E-state index is 12.7. The highest BCUT2D eigenvalue weighted by molar-refractivity contribution is 5.84. The summed E-state index contributed by atoms with van der Waals surface area (Å²) in [5.74, 6) is -1.10. The highest BCUT2D eigenvalue weighted by Gasteiger charge is 2.58. The smallest absolute Gasteiger partial charge is 0.309 e. The minimum atomic E-state index is -0.850. The summed E-state index contributed by atoms with van der Waals surface area (Å²) in [7, 11) is 0. The topological polar surface area (TPSA) is 66.4 Å². The lowest BCUT2D eigenvalue weighted by Gasteiger charge is -2.38. The lowest BCUT2D eigenvalue weighted by atomic mass is 9.65. The molecule has 1 saturated carbocycles. The SMILES string of the molecule is C[C@H](Cc1ccccc1)NC(=O)[C@@H]1CC[C@](C)(C(=O)O)C1(C)C. The second-order valence-corrected chi connectivity index (χ2v) is 7.55. The largest absolute Gasteiger partial charge is 0.481 e. The molecule has 0 spiro atoms. The van der Waals surface area contributed by atoms with E-state index in [1.54, 1.807) is 6.92 Å². The highest BCUT2D eigenvalue weighted by atomic mass is 16.4. The molecule has 1 aromatic rings. The summed E-state index contributed by atoms with van der Waals surface area (Å²) in [6.45, 7) is 7.56. The Kier molecular flexibility index (Phi) is 4.83. The molecule has 23 heavy (non-hydrogen) atoms. The molecule has 0 radical (unpaired) electrons. The summed E-state index contributed by atoms with van der Waals surface area (Å²) in [6, 6.07) is 10.1. The summed E-state index contributed by atoms with van der Waals surface area (Å²) in [5, 5.41) is 12.6. The van der Waals surface area contributed by atoms with Crippen molar-refractivity contribution in [3.63, 3.8) is 0 Å². The number of carbonyl (C=O) groups excluding carboxylic acids is 1. The fourth-order valence-electron chi connectivity index (χ4n) is 3.70. The van der Waals surface area contributed by atoms with Gasteiger partial charge < -0.3 is 10.4 Å². The van der Waals surface area contributed by atoms with Crippen LogP contribution in [0.4, 0.5) is 0 Å². The zero-order valence-electron chi connectivity index (χ0n) is 14.4. The zero-order valence-corrected chi connectivity index (χ0v) is 14.4. The normalized spacial score (nSPS) is 27.4. The van der Waals surface area contributed by atoms with Gasteiger partial charge >= 0.3 is 5.97 Å². The second kappa shape index (κ2) is 6.34. The standard InChI is InChI=1S/C19H27NO3/c1-13(12-14-8-6-5-7-9-14)20-16(21)15-10-11-19(4,17(22)23)18(15,2)3/h5-9,13,15H,10-12H2,1-4H3,(H,20,21)(H,22,23)/t13-,15+,19-/m1/s1. The van der Waals surface area contributed by atoms with E-state index in [1.165, 1.54) is 5.56 Å². The summed E-state index contributed by atoms with van der Waals surface area (Å²) >= 11 is 0. The van der Waals surface area contributed by atoms with Gasteiger partial charge in [-0.2, -0.15) is 0 Å². The van der Waals surface area contributed by atoms with Crippen molar-refractivity contribution in [3.05, 3.63) is 35.9 Å². The minimum Gasteiger partial charge on any atom is -0.481 e. The van der Waals surface area contributed by atoms with Crippen molar-refractivity contribution in [2.75, 3.05) is 0 Å². The van der Waals surface area contributed by atoms with Crippen LogP contribution in [0.2, 0.25) is 0 Å². The van der Waals surface area contributed by atoms with Crippen LogP contribution in [-0.4, -0.2) is 23.0 Å². The van der Waals surface area contributed by atoms with Gasteiger partial charge in [-0.3, -0.25) is 9.59 Å².